The molecule has 0 bridgehead atoms. The van der Waals surface area contributed by atoms with E-state index in [-0.39, 0.29) is 11.7 Å². The van der Waals surface area contributed by atoms with Crippen LogP contribution in [0.2, 0.25) is 0 Å². The van der Waals surface area contributed by atoms with Gasteiger partial charge in [0.1, 0.15) is 5.82 Å². The van der Waals surface area contributed by atoms with E-state index < -0.39 is 5.97 Å². The summed E-state index contributed by atoms with van der Waals surface area (Å²) in [6.45, 7) is 4.40. The number of aryl methyl sites for hydroxylation is 2. The van der Waals surface area contributed by atoms with Crippen LogP contribution >= 0.6 is 0 Å². The van der Waals surface area contributed by atoms with Gasteiger partial charge in [-0.25, -0.2) is 9.78 Å². The molecule has 1 heterocycles. The van der Waals surface area contributed by atoms with Crippen molar-refractivity contribution >= 4 is 17.0 Å². The van der Waals surface area contributed by atoms with Crippen LogP contribution in [0.4, 0.5) is 0 Å². The largest absolute Gasteiger partial charge is 0.478 e. The molecule has 0 aliphatic heterocycles. The van der Waals surface area contributed by atoms with Gasteiger partial charge in [0.15, 0.2) is 0 Å². The van der Waals surface area contributed by atoms with Crippen molar-refractivity contribution in [3.8, 4) is 0 Å². The van der Waals surface area contributed by atoms with Crippen LogP contribution in [-0.4, -0.2) is 31.8 Å². The Morgan fingerprint density at radius 1 is 1.47 bits per heavy atom. The number of carboxylic acids is 1. The Bertz CT molecular complexity index is 602. The van der Waals surface area contributed by atoms with Gasteiger partial charge in [-0.3, -0.25) is 0 Å². The number of aliphatic hydroxyl groups excluding tert-OH is 1. The molecule has 0 fully saturated rings. The fraction of sp³-hybridized carbons (Fsp3) is 0.429. The van der Waals surface area contributed by atoms with E-state index in [1.165, 1.54) is 0 Å². The molecule has 2 aromatic rings. The van der Waals surface area contributed by atoms with Gasteiger partial charge in [0.2, 0.25) is 0 Å². The Kier molecular flexibility index (Phi) is 3.85. The van der Waals surface area contributed by atoms with Crippen LogP contribution in [0.1, 0.15) is 35.9 Å². The number of hydrogen-bond donors (Lipinski definition) is 2. The number of aromatic nitrogens is 2. The molecule has 0 saturated heterocycles. The van der Waals surface area contributed by atoms with Crippen LogP contribution in [0.5, 0.6) is 0 Å². The molecule has 0 aliphatic carbocycles. The van der Waals surface area contributed by atoms with E-state index in [2.05, 4.69) is 4.98 Å². The first kappa shape index (κ1) is 13.5. The first-order valence-electron chi connectivity index (χ1n) is 6.37. The zero-order valence-corrected chi connectivity index (χ0v) is 11.1. The van der Waals surface area contributed by atoms with Crippen LogP contribution in [0, 0.1) is 6.92 Å². The summed E-state index contributed by atoms with van der Waals surface area (Å²) in [4.78, 5) is 15.4. The molecule has 2 rings (SSSR count). The van der Waals surface area contributed by atoms with E-state index >= 15 is 0 Å². The predicted octanol–water partition coefficient (Wildman–Crippen LogP) is 2.20. The highest BCUT2D eigenvalue weighted by molar-refractivity contribution is 5.92. The molecule has 1 aromatic heterocycles. The Morgan fingerprint density at radius 2 is 2.21 bits per heavy atom. The first-order chi connectivity index (χ1) is 8.99. The first-order valence-corrected chi connectivity index (χ1v) is 6.37. The van der Waals surface area contributed by atoms with Gasteiger partial charge in [-0.1, -0.05) is 0 Å². The second-order valence-electron chi connectivity index (χ2n) is 4.81. The van der Waals surface area contributed by atoms with Crippen molar-refractivity contribution in [1.82, 2.24) is 9.55 Å². The molecule has 102 valence electrons. The van der Waals surface area contributed by atoms with Crippen molar-refractivity contribution in [3.63, 3.8) is 0 Å². The molecular weight excluding hydrogens is 244 g/mol. The summed E-state index contributed by atoms with van der Waals surface area (Å²) in [5.74, 6) is -0.0700. The summed E-state index contributed by atoms with van der Waals surface area (Å²) < 4.78 is 2.00. The Morgan fingerprint density at radius 3 is 2.84 bits per heavy atom. The average molecular weight is 262 g/mol. The Labute approximate surface area is 111 Å². The number of hydrogen-bond acceptors (Lipinski definition) is 3. The van der Waals surface area contributed by atoms with Crippen LogP contribution in [0.25, 0.3) is 11.0 Å². The monoisotopic (exact) mass is 262 g/mol. The maximum Gasteiger partial charge on any atom is 0.335 e. The SMILES string of the molecule is Cc1nc2ccc(C(=O)O)cc2n1CCCC(C)O. The number of carbonyl (C=O) groups is 1. The van der Waals surface area contributed by atoms with Gasteiger partial charge in [-0.05, 0) is 44.9 Å². The van der Waals surface area contributed by atoms with Crippen molar-refractivity contribution in [1.29, 1.82) is 0 Å². The minimum atomic E-state index is -0.934. The molecule has 5 heteroatoms. The van der Waals surface area contributed by atoms with E-state index in [1.54, 1.807) is 25.1 Å². The van der Waals surface area contributed by atoms with Crippen molar-refractivity contribution in [2.75, 3.05) is 0 Å². The molecule has 0 spiro atoms. The minimum Gasteiger partial charge on any atom is -0.478 e. The summed E-state index contributed by atoms with van der Waals surface area (Å²) in [6.07, 6.45) is 1.24. The van der Waals surface area contributed by atoms with Gasteiger partial charge in [0.05, 0.1) is 22.7 Å². The quantitative estimate of drug-likeness (QED) is 0.866. The van der Waals surface area contributed by atoms with Gasteiger partial charge >= 0.3 is 5.97 Å². The molecule has 1 unspecified atom stereocenters. The highest BCUT2D eigenvalue weighted by atomic mass is 16.4. The molecular formula is C14H18N2O3. The van der Waals surface area contributed by atoms with E-state index in [0.29, 0.717) is 0 Å². The van der Waals surface area contributed by atoms with Gasteiger partial charge in [-0.2, -0.15) is 0 Å². The van der Waals surface area contributed by atoms with Gasteiger partial charge in [0.25, 0.3) is 0 Å². The summed E-state index contributed by atoms with van der Waals surface area (Å²) in [7, 11) is 0. The maximum absolute atomic E-state index is 11.0. The number of imidazole rings is 1. The number of aromatic carboxylic acids is 1. The number of carboxylic acid groups (broad SMARTS) is 1. The Hall–Kier alpha value is -1.88. The van der Waals surface area contributed by atoms with Crippen molar-refractivity contribution in [2.24, 2.45) is 0 Å². The highest BCUT2D eigenvalue weighted by Gasteiger charge is 2.11. The molecule has 2 N–H and O–H groups in total. The molecule has 1 aromatic carbocycles. The highest BCUT2D eigenvalue weighted by Crippen LogP contribution is 2.19. The van der Waals surface area contributed by atoms with Crippen LogP contribution in [0.15, 0.2) is 18.2 Å². The van der Waals surface area contributed by atoms with Crippen molar-refractivity contribution in [2.45, 2.75) is 39.3 Å². The zero-order chi connectivity index (χ0) is 14.0. The molecule has 19 heavy (non-hydrogen) atoms. The summed E-state index contributed by atoms with van der Waals surface area (Å²) in [5.41, 5.74) is 1.91. The number of benzene rings is 1. The van der Waals surface area contributed by atoms with Gasteiger partial charge in [-0.15, -0.1) is 0 Å². The number of nitrogens with zero attached hydrogens (tertiary/aromatic N) is 2. The molecule has 0 amide bonds. The predicted molar refractivity (Wildman–Crippen MR) is 72.3 cm³/mol. The third-order valence-corrected chi connectivity index (χ3v) is 3.19. The molecule has 1 atom stereocenters. The van der Waals surface area contributed by atoms with Crippen molar-refractivity contribution in [3.05, 3.63) is 29.6 Å². The Balaban J connectivity index is 2.33. The van der Waals surface area contributed by atoms with Gasteiger partial charge in [0, 0.05) is 6.54 Å². The zero-order valence-electron chi connectivity index (χ0n) is 11.1. The van der Waals surface area contributed by atoms with E-state index in [4.69, 9.17) is 5.11 Å². The number of aliphatic hydroxyl groups is 1. The smallest absolute Gasteiger partial charge is 0.335 e. The second kappa shape index (κ2) is 5.40. The van der Waals surface area contributed by atoms with Crippen LogP contribution in [-0.2, 0) is 6.54 Å². The third kappa shape index (κ3) is 2.93. The second-order valence-corrected chi connectivity index (χ2v) is 4.81. The normalized spacial score (nSPS) is 12.8. The van der Waals surface area contributed by atoms with E-state index in [0.717, 1.165) is 36.2 Å². The number of fused-ring (bicyclic) bond motifs is 1. The summed E-state index contributed by atoms with van der Waals surface area (Å²) in [5, 5.41) is 18.3. The lowest BCUT2D eigenvalue weighted by atomic mass is 10.2. The average Bonchev–Trinajstić information content (AvgIpc) is 2.64. The van der Waals surface area contributed by atoms with E-state index in [1.807, 2.05) is 11.5 Å². The molecule has 5 nitrogen and oxygen atoms in total. The minimum absolute atomic E-state index is 0.268. The molecule has 0 aliphatic rings. The maximum atomic E-state index is 11.0. The van der Waals surface area contributed by atoms with Gasteiger partial charge < -0.3 is 14.8 Å². The third-order valence-electron chi connectivity index (χ3n) is 3.19. The topological polar surface area (TPSA) is 75.3 Å². The van der Waals surface area contributed by atoms with E-state index in [9.17, 15) is 9.90 Å². The summed E-state index contributed by atoms with van der Waals surface area (Å²) in [6, 6.07) is 4.95. The van der Waals surface area contributed by atoms with Crippen LogP contribution in [0.3, 0.4) is 0 Å². The lowest BCUT2D eigenvalue weighted by Crippen LogP contribution is -2.05. The fourth-order valence-electron chi connectivity index (χ4n) is 2.20. The standard InChI is InChI=1S/C14H18N2O3/c1-9(17)4-3-7-16-10(2)15-12-6-5-11(14(18)19)8-13(12)16/h5-6,8-9,17H,3-4,7H2,1-2H3,(H,18,19). The molecule has 0 radical (unpaired) electrons. The van der Waals surface area contributed by atoms with Crippen LogP contribution < -0.4 is 0 Å². The lowest BCUT2D eigenvalue weighted by Gasteiger charge is -2.08. The number of rotatable bonds is 5. The fourth-order valence-corrected chi connectivity index (χ4v) is 2.20. The lowest BCUT2D eigenvalue weighted by molar-refractivity contribution is 0.0697. The van der Waals surface area contributed by atoms with Crippen molar-refractivity contribution < 1.29 is 15.0 Å². The summed E-state index contributed by atoms with van der Waals surface area (Å²) >= 11 is 0. The molecule has 0 saturated carbocycles.